The lowest BCUT2D eigenvalue weighted by Crippen LogP contribution is -2.33. The van der Waals surface area contributed by atoms with Crippen molar-refractivity contribution >= 4 is 39.1 Å². The highest BCUT2D eigenvalue weighted by Crippen LogP contribution is 2.33. The predicted molar refractivity (Wildman–Crippen MR) is 136 cm³/mol. The van der Waals surface area contributed by atoms with Crippen LogP contribution in [0.1, 0.15) is 28.7 Å². The predicted octanol–water partition coefficient (Wildman–Crippen LogP) is 5.93. The Morgan fingerprint density at radius 2 is 2.03 bits per heavy atom. The molecule has 0 saturated carbocycles. The summed E-state index contributed by atoms with van der Waals surface area (Å²) in [5.74, 6) is 2.83. The standard InChI is InChI=1S/C26H26N2O4S2/c1-4-30-18-9-10-21-25(12-18)34-26(27-21)33-15-22(29)20-11-16(2)28(17(20)3)13-19-14-31-23-7-5-6-8-24(23)32-19/h5-12,19H,4,13-15H2,1-3H3/t19-/m0/s1. The second-order valence-electron chi connectivity index (χ2n) is 8.15. The summed E-state index contributed by atoms with van der Waals surface area (Å²) in [5, 5.41) is 0. The first kappa shape index (κ1) is 22.8. The summed E-state index contributed by atoms with van der Waals surface area (Å²) >= 11 is 3.07. The first-order valence-corrected chi connectivity index (χ1v) is 13.1. The number of aromatic nitrogens is 2. The normalized spacial score (nSPS) is 15.0. The lowest BCUT2D eigenvalue weighted by molar-refractivity contribution is 0.0777. The quantitative estimate of drug-likeness (QED) is 0.224. The second-order valence-corrected chi connectivity index (χ2v) is 10.4. The van der Waals surface area contributed by atoms with Crippen molar-refractivity contribution in [2.75, 3.05) is 19.0 Å². The molecule has 8 heteroatoms. The molecule has 1 aliphatic heterocycles. The van der Waals surface area contributed by atoms with E-state index in [1.54, 1.807) is 11.3 Å². The summed E-state index contributed by atoms with van der Waals surface area (Å²) in [5.41, 5.74) is 3.67. The Kier molecular flexibility index (Phi) is 6.52. The van der Waals surface area contributed by atoms with Crippen molar-refractivity contribution in [1.29, 1.82) is 0 Å². The molecule has 0 N–H and O–H groups in total. The van der Waals surface area contributed by atoms with E-state index in [1.165, 1.54) is 11.8 Å². The van der Waals surface area contributed by atoms with E-state index >= 15 is 0 Å². The van der Waals surface area contributed by atoms with Crippen molar-refractivity contribution in [3.63, 3.8) is 0 Å². The molecule has 176 valence electrons. The van der Waals surface area contributed by atoms with Gasteiger partial charge in [-0.25, -0.2) is 4.98 Å². The number of aryl methyl sites for hydroxylation is 1. The number of hydrogen-bond acceptors (Lipinski definition) is 7. The molecule has 1 atom stereocenters. The molecular weight excluding hydrogens is 468 g/mol. The number of carbonyl (C=O) groups excluding carboxylic acids is 1. The van der Waals surface area contributed by atoms with Gasteiger partial charge in [0.2, 0.25) is 0 Å². The number of Topliss-reactive ketones (excluding diaryl/α,β-unsaturated/α-hetero) is 1. The maximum atomic E-state index is 13.1. The molecule has 0 bridgehead atoms. The maximum Gasteiger partial charge on any atom is 0.174 e. The Hall–Kier alpha value is -2.97. The van der Waals surface area contributed by atoms with Crippen molar-refractivity contribution in [3.05, 3.63) is 65.5 Å². The number of benzene rings is 2. The van der Waals surface area contributed by atoms with Crippen molar-refractivity contribution < 1.29 is 19.0 Å². The van der Waals surface area contributed by atoms with E-state index in [-0.39, 0.29) is 11.9 Å². The first-order valence-electron chi connectivity index (χ1n) is 11.3. The van der Waals surface area contributed by atoms with Gasteiger partial charge in [0.15, 0.2) is 27.7 Å². The van der Waals surface area contributed by atoms with Gasteiger partial charge >= 0.3 is 0 Å². The monoisotopic (exact) mass is 494 g/mol. The largest absolute Gasteiger partial charge is 0.494 e. The minimum atomic E-state index is -0.110. The zero-order valence-electron chi connectivity index (χ0n) is 19.4. The number of para-hydroxylation sites is 2. The average molecular weight is 495 g/mol. The van der Waals surface area contributed by atoms with E-state index in [4.69, 9.17) is 14.2 Å². The van der Waals surface area contributed by atoms with E-state index in [1.807, 2.05) is 69.3 Å². The Morgan fingerprint density at radius 3 is 2.85 bits per heavy atom. The van der Waals surface area contributed by atoms with Crippen molar-refractivity contribution in [2.45, 2.75) is 37.8 Å². The van der Waals surface area contributed by atoms with Crippen LogP contribution in [0.25, 0.3) is 10.2 Å². The zero-order chi connectivity index (χ0) is 23.7. The van der Waals surface area contributed by atoms with Crippen LogP contribution >= 0.6 is 23.1 Å². The molecule has 0 aliphatic carbocycles. The van der Waals surface area contributed by atoms with Gasteiger partial charge in [0.05, 0.1) is 29.1 Å². The van der Waals surface area contributed by atoms with Gasteiger partial charge < -0.3 is 18.8 Å². The van der Waals surface area contributed by atoms with Gasteiger partial charge in [-0.15, -0.1) is 11.3 Å². The Labute approximate surface area is 206 Å². The van der Waals surface area contributed by atoms with E-state index < -0.39 is 0 Å². The van der Waals surface area contributed by atoms with Gasteiger partial charge in [-0.05, 0) is 57.2 Å². The molecule has 3 heterocycles. The summed E-state index contributed by atoms with van der Waals surface area (Å²) in [6, 6.07) is 15.6. The highest BCUT2D eigenvalue weighted by atomic mass is 32.2. The van der Waals surface area contributed by atoms with Gasteiger partial charge in [-0.1, -0.05) is 23.9 Å². The third-order valence-electron chi connectivity index (χ3n) is 5.81. The summed E-state index contributed by atoms with van der Waals surface area (Å²) in [4.78, 5) is 17.7. The summed E-state index contributed by atoms with van der Waals surface area (Å²) in [6.07, 6.45) is -0.110. The van der Waals surface area contributed by atoms with Crippen molar-refractivity contribution in [2.24, 2.45) is 0 Å². The van der Waals surface area contributed by atoms with Crippen LogP contribution < -0.4 is 14.2 Å². The van der Waals surface area contributed by atoms with Gasteiger partial charge in [-0.2, -0.15) is 0 Å². The highest BCUT2D eigenvalue weighted by molar-refractivity contribution is 8.01. The maximum absolute atomic E-state index is 13.1. The molecule has 0 unspecified atom stereocenters. The van der Waals surface area contributed by atoms with Gasteiger partial charge in [0, 0.05) is 17.0 Å². The van der Waals surface area contributed by atoms with Crippen LogP contribution in [0.2, 0.25) is 0 Å². The van der Waals surface area contributed by atoms with Gasteiger partial charge in [-0.3, -0.25) is 4.79 Å². The number of thioether (sulfide) groups is 1. The first-order chi connectivity index (χ1) is 16.5. The Balaban J connectivity index is 1.25. The fraction of sp³-hybridized carbons (Fsp3) is 0.308. The molecule has 0 fully saturated rings. The van der Waals surface area contributed by atoms with Crippen LogP contribution in [0.5, 0.6) is 17.2 Å². The lowest BCUT2D eigenvalue weighted by Gasteiger charge is -2.27. The molecule has 0 spiro atoms. The third kappa shape index (κ3) is 4.65. The fourth-order valence-electron chi connectivity index (χ4n) is 4.13. The Bertz CT molecular complexity index is 1340. The van der Waals surface area contributed by atoms with Gasteiger partial charge in [0.1, 0.15) is 12.4 Å². The minimum absolute atomic E-state index is 0.102. The molecule has 2 aromatic carbocycles. The molecule has 2 aromatic heterocycles. The number of rotatable bonds is 8. The summed E-state index contributed by atoms with van der Waals surface area (Å²) in [6.45, 7) is 7.73. The number of hydrogen-bond donors (Lipinski definition) is 0. The van der Waals surface area contributed by atoms with E-state index in [0.717, 1.165) is 48.8 Å². The molecular formula is C26H26N2O4S2. The van der Waals surface area contributed by atoms with Crippen LogP contribution in [0.4, 0.5) is 0 Å². The van der Waals surface area contributed by atoms with Crippen molar-refractivity contribution in [1.82, 2.24) is 9.55 Å². The fourth-order valence-corrected chi connectivity index (χ4v) is 6.11. The number of ether oxygens (including phenoxy) is 3. The summed E-state index contributed by atoms with van der Waals surface area (Å²) in [7, 11) is 0. The molecule has 34 heavy (non-hydrogen) atoms. The number of thiazole rings is 1. The summed E-state index contributed by atoms with van der Waals surface area (Å²) < 4.78 is 21.6. The third-order valence-corrected chi connectivity index (χ3v) is 7.97. The molecule has 0 radical (unpaired) electrons. The minimum Gasteiger partial charge on any atom is -0.494 e. The highest BCUT2D eigenvalue weighted by Gasteiger charge is 2.24. The van der Waals surface area contributed by atoms with E-state index in [0.29, 0.717) is 25.5 Å². The number of fused-ring (bicyclic) bond motifs is 2. The van der Waals surface area contributed by atoms with Crippen LogP contribution in [-0.4, -0.2) is 40.4 Å². The van der Waals surface area contributed by atoms with Crippen LogP contribution in [-0.2, 0) is 6.54 Å². The molecule has 0 amide bonds. The SMILES string of the molecule is CCOc1ccc2nc(SCC(=O)c3cc(C)n(C[C@H]4COc5ccccc5O4)c3C)sc2c1. The molecule has 0 saturated heterocycles. The second kappa shape index (κ2) is 9.72. The van der Waals surface area contributed by atoms with Crippen molar-refractivity contribution in [3.8, 4) is 17.2 Å². The van der Waals surface area contributed by atoms with E-state index in [9.17, 15) is 4.79 Å². The smallest absolute Gasteiger partial charge is 0.174 e. The average Bonchev–Trinajstić information content (AvgIpc) is 3.38. The van der Waals surface area contributed by atoms with Crippen LogP contribution in [0, 0.1) is 13.8 Å². The Morgan fingerprint density at radius 1 is 1.21 bits per heavy atom. The van der Waals surface area contributed by atoms with E-state index in [2.05, 4.69) is 9.55 Å². The lowest BCUT2D eigenvalue weighted by atomic mass is 10.2. The molecule has 4 aromatic rings. The molecule has 5 rings (SSSR count). The van der Waals surface area contributed by atoms with Crippen LogP contribution in [0.3, 0.4) is 0 Å². The topological polar surface area (TPSA) is 62.6 Å². The zero-order valence-corrected chi connectivity index (χ0v) is 21.0. The van der Waals surface area contributed by atoms with Crippen LogP contribution in [0.15, 0.2) is 52.9 Å². The number of ketones is 1. The van der Waals surface area contributed by atoms with Gasteiger partial charge in [0.25, 0.3) is 0 Å². The number of nitrogens with zero attached hydrogens (tertiary/aromatic N) is 2. The number of carbonyl (C=O) groups is 1. The molecule has 6 nitrogen and oxygen atoms in total. The molecule has 1 aliphatic rings.